The minimum absolute atomic E-state index is 0.0340. The van der Waals surface area contributed by atoms with Crippen molar-refractivity contribution in [3.63, 3.8) is 0 Å². The van der Waals surface area contributed by atoms with Gasteiger partial charge in [0.15, 0.2) is 5.82 Å². The van der Waals surface area contributed by atoms with E-state index in [1.54, 1.807) is 4.68 Å². The Morgan fingerprint density at radius 3 is 2.50 bits per heavy atom. The molecule has 1 fully saturated rings. The summed E-state index contributed by atoms with van der Waals surface area (Å²) in [4.78, 5) is 17.8. The molecule has 3 aromatic rings. The topological polar surface area (TPSA) is 82.1 Å². The normalized spacial score (nSPS) is 15.5. The first-order valence-corrected chi connectivity index (χ1v) is 9.71. The van der Waals surface area contributed by atoms with Gasteiger partial charge in [-0.05, 0) is 46.0 Å². The van der Waals surface area contributed by atoms with Crippen LogP contribution >= 0.6 is 0 Å². The van der Waals surface area contributed by atoms with Crippen LogP contribution in [-0.2, 0) is 0 Å². The van der Waals surface area contributed by atoms with Crippen LogP contribution in [0.1, 0.15) is 25.6 Å². The maximum atomic E-state index is 13.1. The van der Waals surface area contributed by atoms with Crippen LogP contribution in [0.15, 0.2) is 29.1 Å². The fraction of sp³-hybridized carbons (Fsp3) is 0.450. The number of anilines is 3. The molecular formula is C20H27N7O. The van der Waals surface area contributed by atoms with Gasteiger partial charge in [0.2, 0.25) is 0 Å². The number of rotatable bonds is 4. The molecule has 2 N–H and O–H groups in total. The smallest absolute Gasteiger partial charge is 0.275 e. The Hall–Kier alpha value is -2.87. The van der Waals surface area contributed by atoms with E-state index >= 15 is 0 Å². The number of aromatic amines is 1. The van der Waals surface area contributed by atoms with Crippen LogP contribution < -0.4 is 15.8 Å². The zero-order valence-electron chi connectivity index (χ0n) is 16.9. The van der Waals surface area contributed by atoms with Gasteiger partial charge in [-0.1, -0.05) is 0 Å². The Morgan fingerprint density at radius 2 is 1.86 bits per heavy atom. The molecule has 0 unspecified atom stereocenters. The number of H-pyrrole nitrogens is 1. The van der Waals surface area contributed by atoms with Crippen molar-refractivity contribution in [1.82, 2.24) is 24.9 Å². The molecule has 0 saturated carbocycles. The van der Waals surface area contributed by atoms with Gasteiger partial charge in [-0.2, -0.15) is 10.2 Å². The number of aromatic nitrogens is 4. The zero-order valence-corrected chi connectivity index (χ0v) is 16.9. The highest BCUT2D eigenvalue weighted by Crippen LogP contribution is 2.27. The van der Waals surface area contributed by atoms with Gasteiger partial charge in [0.25, 0.3) is 5.56 Å². The molecule has 28 heavy (non-hydrogen) atoms. The monoisotopic (exact) mass is 381 g/mol. The number of nitrogens with zero attached hydrogens (tertiary/aromatic N) is 5. The van der Waals surface area contributed by atoms with E-state index in [0.29, 0.717) is 11.2 Å². The Bertz CT molecular complexity index is 1040. The van der Waals surface area contributed by atoms with E-state index in [-0.39, 0.29) is 11.6 Å². The van der Waals surface area contributed by atoms with Gasteiger partial charge >= 0.3 is 0 Å². The summed E-state index contributed by atoms with van der Waals surface area (Å²) in [6.07, 6.45) is 0. The zero-order chi connectivity index (χ0) is 19.8. The lowest BCUT2D eigenvalue weighted by Crippen LogP contribution is -2.44. The van der Waals surface area contributed by atoms with Crippen molar-refractivity contribution in [2.24, 2.45) is 0 Å². The molecule has 0 radical (unpaired) electrons. The van der Waals surface area contributed by atoms with Crippen LogP contribution in [0.4, 0.5) is 17.3 Å². The number of hydrogen-bond acceptors (Lipinski definition) is 6. The van der Waals surface area contributed by atoms with Crippen molar-refractivity contribution >= 4 is 28.1 Å². The first-order chi connectivity index (χ1) is 13.4. The quantitative estimate of drug-likeness (QED) is 0.723. The van der Waals surface area contributed by atoms with Crippen molar-refractivity contribution in [3.05, 3.63) is 40.3 Å². The number of fused-ring (bicyclic) bond motifs is 1. The highest BCUT2D eigenvalue weighted by molar-refractivity contribution is 5.94. The Morgan fingerprint density at radius 1 is 1.11 bits per heavy atom. The van der Waals surface area contributed by atoms with Crippen LogP contribution in [0, 0.1) is 6.92 Å². The number of hydrogen-bond donors (Lipinski definition) is 2. The minimum atomic E-state index is -0.0627. The predicted molar refractivity (Wildman–Crippen MR) is 113 cm³/mol. The molecule has 148 valence electrons. The standard InChI is InChI=1S/C20H27N7O/c1-13(2)27-20(28)17-12-15(26-9-7-25(4)8-10-26)5-6-16(17)19(24-27)21-18-11-14(3)22-23-18/h5-6,11-13H,7-10H2,1-4H3,(H2,21,22,23,24). The summed E-state index contributed by atoms with van der Waals surface area (Å²) in [5.41, 5.74) is 1.91. The van der Waals surface area contributed by atoms with E-state index in [9.17, 15) is 4.79 Å². The molecule has 1 aromatic carbocycles. The molecule has 0 aliphatic carbocycles. The number of benzene rings is 1. The number of likely N-dealkylation sites (N-methyl/N-ethyl adjacent to an activating group) is 1. The van der Waals surface area contributed by atoms with Crippen molar-refractivity contribution in [1.29, 1.82) is 0 Å². The Labute approximate surface area is 164 Å². The van der Waals surface area contributed by atoms with E-state index in [2.05, 4.69) is 43.5 Å². The van der Waals surface area contributed by atoms with Gasteiger partial charge in [-0.25, -0.2) is 4.68 Å². The van der Waals surface area contributed by atoms with Crippen LogP contribution in [0.3, 0.4) is 0 Å². The highest BCUT2D eigenvalue weighted by Gasteiger charge is 2.18. The minimum Gasteiger partial charge on any atom is -0.369 e. The molecule has 0 spiro atoms. The largest absolute Gasteiger partial charge is 0.369 e. The van der Waals surface area contributed by atoms with Gasteiger partial charge < -0.3 is 15.1 Å². The molecule has 3 heterocycles. The van der Waals surface area contributed by atoms with Gasteiger partial charge in [0.05, 0.1) is 17.1 Å². The van der Waals surface area contributed by atoms with Gasteiger partial charge in [0, 0.05) is 43.3 Å². The first-order valence-electron chi connectivity index (χ1n) is 9.71. The lowest BCUT2D eigenvalue weighted by molar-refractivity contribution is 0.313. The van der Waals surface area contributed by atoms with Gasteiger partial charge in [-0.3, -0.25) is 9.89 Å². The Balaban J connectivity index is 1.80. The number of nitrogens with one attached hydrogen (secondary N) is 2. The summed E-state index contributed by atoms with van der Waals surface area (Å²) >= 11 is 0. The average Bonchev–Trinajstić information content (AvgIpc) is 3.09. The third-order valence-corrected chi connectivity index (χ3v) is 5.22. The number of piperazine rings is 1. The maximum absolute atomic E-state index is 13.1. The van der Waals surface area contributed by atoms with Crippen molar-refractivity contribution in [3.8, 4) is 0 Å². The van der Waals surface area contributed by atoms with Crippen LogP contribution in [0.5, 0.6) is 0 Å². The summed E-state index contributed by atoms with van der Waals surface area (Å²) in [6.45, 7) is 9.83. The van der Waals surface area contributed by atoms with E-state index < -0.39 is 0 Å². The fourth-order valence-corrected chi connectivity index (χ4v) is 3.56. The molecular weight excluding hydrogens is 354 g/mol. The van der Waals surface area contributed by atoms with Crippen molar-refractivity contribution in [2.75, 3.05) is 43.4 Å². The first kappa shape index (κ1) is 18.5. The maximum Gasteiger partial charge on any atom is 0.275 e. The molecule has 4 rings (SSSR count). The Kier molecular flexibility index (Phi) is 4.80. The van der Waals surface area contributed by atoms with Crippen LogP contribution in [0.25, 0.3) is 10.8 Å². The molecule has 0 amide bonds. The lowest BCUT2D eigenvalue weighted by Gasteiger charge is -2.34. The predicted octanol–water partition coefficient (Wildman–Crippen LogP) is 2.50. The summed E-state index contributed by atoms with van der Waals surface area (Å²) < 4.78 is 1.54. The van der Waals surface area contributed by atoms with E-state index in [1.165, 1.54) is 0 Å². The highest BCUT2D eigenvalue weighted by atomic mass is 16.1. The third-order valence-electron chi connectivity index (χ3n) is 5.22. The molecule has 0 atom stereocenters. The SMILES string of the molecule is Cc1cc(Nc2nn(C(C)C)c(=O)c3cc(N4CCN(C)CC4)ccc23)[nH]n1. The second-order valence-electron chi connectivity index (χ2n) is 7.76. The van der Waals surface area contributed by atoms with E-state index in [1.807, 2.05) is 39.0 Å². The summed E-state index contributed by atoms with van der Waals surface area (Å²) in [6, 6.07) is 7.96. The molecule has 8 heteroatoms. The summed E-state index contributed by atoms with van der Waals surface area (Å²) in [5.74, 6) is 1.40. The second kappa shape index (κ2) is 7.27. The van der Waals surface area contributed by atoms with Gasteiger partial charge in [0.1, 0.15) is 5.82 Å². The van der Waals surface area contributed by atoms with Crippen LogP contribution in [-0.4, -0.2) is 58.1 Å². The summed E-state index contributed by atoms with van der Waals surface area (Å²) in [5, 5.41) is 16.5. The second-order valence-corrected chi connectivity index (χ2v) is 7.76. The van der Waals surface area contributed by atoms with Crippen LogP contribution in [0.2, 0.25) is 0 Å². The fourth-order valence-electron chi connectivity index (χ4n) is 3.56. The average molecular weight is 381 g/mol. The third kappa shape index (κ3) is 3.47. The summed E-state index contributed by atoms with van der Waals surface area (Å²) in [7, 11) is 2.14. The molecule has 8 nitrogen and oxygen atoms in total. The van der Waals surface area contributed by atoms with E-state index in [0.717, 1.165) is 48.8 Å². The molecule has 0 bridgehead atoms. The molecule has 1 aliphatic rings. The molecule has 2 aromatic heterocycles. The lowest BCUT2D eigenvalue weighted by atomic mass is 10.1. The van der Waals surface area contributed by atoms with Crippen molar-refractivity contribution < 1.29 is 0 Å². The molecule has 1 aliphatic heterocycles. The molecule has 1 saturated heterocycles. The van der Waals surface area contributed by atoms with Gasteiger partial charge in [-0.15, -0.1) is 0 Å². The number of aryl methyl sites for hydroxylation is 1. The van der Waals surface area contributed by atoms with Crippen molar-refractivity contribution in [2.45, 2.75) is 26.8 Å². The van der Waals surface area contributed by atoms with E-state index in [4.69, 9.17) is 0 Å².